The van der Waals surface area contributed by atoms with Gasteiger partial charge in [-0.1, -0.05) is 0 Å². The fraction of sp³-hybridized carbons (Fsp3) is 0.389. The average molecular weight is 330 g/mol. The van der Waals surface area contributed by atoms with Crippen LogP contribution < -0.4 is 4.74 Å². The number of nitrogens with zero attached hydrogens (tertiary/aromatic N) is 2. The van der Waals surface area contributed by atoms with Crippen LogP contribution in [0.3, 0.4) is 0 Å². The number of rotatable bonds is 5. The minimum Gasteiger partial charge on any atom is -0.497 e. The van der Waals surface area contributed by atoms with Crippen LogP contribution in [0, 0.1) is 0 Å². The number of carbonyl (C=O) groups excluding carboxylic acids is 1. The van der Waals surface area contributed by atoms with Gasteiger partial charge < -0.3 is 9.64 Å². The van der Waals surface area contributed by atoms with Crippen LogP contribution in [-0.2, 0) is 0 Å². The van der Waals surface area contributed by atoms with E-state index in [9.17, 15) is 4.79 Å². The van der Waals surface area contributed by atoms with Crippen molar-refractivity contribution in [2.75, 3.05) is 46.9 Å². The number of Topliss-reactive ketones (excluding diaryl/α,β-unsaturated/α-hetero) is 1. The van der Waals surface area contributed by atoms with Crippen LogP contribution in [0.15, 0.2) is 36.4 Å². The van der Waals surface area contributed by atoms with Gasteiger partial charge in [-0.05, 0) is 49.0 Å². The molecule has 0 bridgehead atoms. The summed E-state index contributed by atoms with van der Waals surface area (Å²) in [5, 5.41) is 0. The number of ketones is 1. The lowest BCUT2D eigenvalue weighted by atomic mass is 10.2. The van der Waals surface area contributed by atoms with Crippen LogP contribution in [0.25, 0.3) is 10.4 Å². The standard InChI is InChI=1S/C18H22N2O2S/c1-19-9-11-20(12-10-19)13-16(21)18-8-7-17(23-18)14-3-5-15(22-2)6-4-14/h3-8H,9-13H2,1-2H3. The summed E-state index contributed by atoms with van der Waals surface area (Å²) < 4.78 is 5.18. The molecule has 1 fully saturated rings. The van der Waals surface area contributed by atoms with Crippen molar-refractivity contribution in [2.45, 2.75) is 0 Å². The van der Waals surface area contributed by atoms with E-state index < -0.39 is 0 Å². The van der Waals surface area contributed by atoms with Crippen molar-refractivity contribution in [1.82, 2.24) is 9.80 Å². The van der Waals surface area contributed by atoms with E-state index in [0.717, 1.165) is 47.2 Å². The van der Waals surface area contributed by atoms with Gasteiger partial charge in [-0.15, -0.1) is 11.3 Å². The maximum absolute atomic E-state index is 12.5. The second-order valence-corrected chi connectivity index (χ2v) is 6.98. The Morgan fingerprint density at radius 1 is 1.09 bits per heavy atom. The van der Waals surface area contributed by atoms with Gasteiger partial charge in [-0.25, -0.2) is 0 Å². The zero-order valence-corrected chi connectivity index (χ0v) is 14.4. The van der Waals surface area contributed by atoms with Gasteiger partial charge in [0.05, 0.1) is 18.5 Å². The molecule has 2 aromatic rings. The normalized spacial score (nSPS) is 16.4. The van der Waals surface area contributed by atoms with Gasteiger partial charge in [-0.3, -0.25) is 9.69 Å². The molecule has 23 heavy (non-hydrogen) atoms. The molecule has 0 radical (unpaired) electrons. The Hall–Kier alpha value is -1.69. The van der Waals surface area contributed by atoms with E-state index in [1.165, 1.54) is 0 Å². The molecule has 0 atom stereocenters. The molecule has 1 saturated heterocycles. The quantitative estimate of drug-likeness (QED) is 0.789. The smallest absolute Gasteiger partial charge is 0.186 e. The number of methoxy groups -OCH3 is 1. The molecule has 1 aliphatic heterocycles. The first kappa shape index (κ1) is 16.2. The largest absolute Gasteiger partial charge is 0.497 e. The molecule has 0 saturated carbocycles. The second-order valence-electron chi connectivity index (χ2n) is 5.89. The Morgan fingerprint density at radius 2 is 1.78 bits per heavy atom. The van der Waals surface area contributed by atoms with E-state index in [-0.39, 0.29) is 5.78 Å². The van der Waals surface area contributed by atoms with Gasteiger partial charge in [0, 0.05) is 31.1 Å². The minimum atomic E-state index is 0.222. The SMILES string of the molecule is COc1ccc(-c2ccc(C(=O)CN3CCN(C)CC3)s2)cc1. The van der Waals surface area contributed by atoms with E-state index >= 15 is 0 Å². The molecule has 0 spiro atoms. The third-order valence-electron chi connectivity index (χ3n) is 4.22. The minimum absolute atomic E-state index is 0.222. The molecular formula is C18H22N2O2S. The molecule has 0 unspecified atom stereocenters. The monoisotopic (exact) mass is 330 g/mol. The summed E-state index contributed by atoms with van der Waals surface area (Å²) in [6.07, 6.45) is 0. The molecule has 1 aromatic heterocycles. The van der Waals surface area contributed by atoms with E-state index in [0.29, 0.717) is 6.54 Å². The van der Waals surface area contributed by atoms with Gasteiger partial charge >= 0.3 is 0 Å². The highest BCUT2D eigenvalue weighted by Crippen LogP contribution is 2.29. The Bertz CT molecular complexity index is 658. The van der Waals surface area contributed by atoms with Crippen LogP contribution in [0.2, 0.25) is 0 Å². The zero-order valence-electron chi connectivity index (χ0n) is 13.6. The van der Waals surface area contributed by atoms with Gasteiger partial charge in [0.25, 0.3) is 0 Å². The predicted octanol–water partition coefficient (Wildman–Crippen LogP) is 2.85. The molecular weight excluding hydrogens is 308 g/mol. The lowest BCUT2D eigenvalue weighted by Gasteiger charge is -2.31. The van der Waals surface area contributed by atoms with E-state index in [1.54, 1.807) is 18.4 Å². The Morgan fingerprint density at radius 3 is 2.43 bits per heavy atom. The number of carbonyl (C=O) groups is 1. The first-order valence-electron chi connectivity index (χ1n) is 7.84. The van der Waals surface area contributed by atoms with Crippen LogP contribution in [-0.4, -0.2) is 62.5 Å². The number of hydrogen-bond acceptors (Lipinski definition) is 5. The fourth-order valence-electron chi connectivity index (χ4n) is 2.69. The molecule has 5 heteroatoms. The van der Waals surface area contributed by atoms with Crippen LogP contribution in [0.5, 0.6) is 5.75 Å². The topological polar surface area (TPSA) is 32.8 Å². The van der Waals surface area contributed by atoms with E-state index in [4.69, 9.17) is 4.74 Å². The first-order chi connectivity index (χ1) is 11.2. The zero-order chi connectivity index (χ0) is 16.2. The highest BCUT2D eigenvalue weighted by Gasteiger charge is 2.18. The predicted molar refractivity (Wildman–Crippen MR) is 94.6 cm³/mol. The van der Waals surface area contributed by atoms with Gasteiger partial charge in [0.1, 0.15) is 5.75 Å². The summed E-state index contributed by atoms with van der Waals surface area (Å²) in [6.45, 7) is 4.54. The second kappa shape index (κ2) is 7.25. The van der Waals surface area contributed by atoms with Crippen LogP contribution >= 0.6 is 11.3 Å². The highest BCUT2D eigenvalue weighted by atomic mass is 32.1. The Kier molecular flexibility index (Phi) is 5.10. The number of likely N-dealkylation sites (N-methyl/N-ethyl adjacent to an activating group) is 1. The molecule has 0 amide bonds. The number of benzene rings is 1. The summed E-state index contributed by atoms with van der Waals surface area (Å²) in [4.78, 5) is 19.0. The number of ether oxygens (including phenoxy) is 1. The Balaban J connectivity index is 1.64. The summed E-state index contributed by atoms with van der Waals surface area (Å²) in [7, 11) is 3.79. The van der Waals surface area contributed by atoms with Crippen molar-refractivity contribution in [2.24, 2.45) is 0 Å². The van der Waals surface area contributed by atoms with Crippen molar-refractivity contribution in [3.63, 3.8) is 0 Å². The first-order valence-corrected chi connectivity index (χ1v) is 8.66. The summed E-state index contributed by atoms with van der Waals surface area (Å²) in [5.74, 6) is 1.07. The lowest BCUT2D eigenvalue weighted by Crippen LogP contribution is -2.46. The maximum Gasteiger partial charge on any atom is 0.186 e. The maximum atomic E-state index is 12.5. The van der Waals surface area contributed by atoms with Crippen molar-refractivity contribution in [3.05, 3.63) is 41.3 Å². The molecule has 0 aliphatic carbocycles. The van der Waals surface area contributed by atoms with Gasteiger partial charge in [0.2, 0.25) is 0 Å². The summed E-state index contributed by atoms with van der Waals surface area (Å²) in [5.41, 5.74) is 1.12. The molecule has 1 aliphatic rings. The Labute approximate surface area is 141 Å². The molecule has 2 heterocycles. The third-order valence-corrected chi connectivity index (χ3v) is 5.39. The summed E-state index contributed by atoms with van der Waals surface area (Å²) in [6, 6.07) is 11.9. The fourth-order valence-corrected chi connectivity index (χ4v) is 3.63. The van der Waals surface area contributed by atoms with E-state index in [1.807, 2.05) is 36.4 Å². The highest BCUT2D eigenvalue weighted by molar-refractivity contribution is 7.17. The summed E-state index contributed by atoms with van der Waals surface area (Å²) >= 11 is 1.57. The van der Waals surface area contributed by atoms with Crippen molar-refractivity contribution in [1.29, 1.82) is 0 Å². The van der Waals surface area contributed by atoms with Crippen molar-refractivity contribution in [3.8, 4) is 16.2 Å². The van der Waals surface area contributed by atoms with Crippen molar-refractivity contribution < 1.29 is 9.53 Å². The average Bonchev–Trinajstić information content (AvgIpc) is 3.07. The van der Waals surface area contributed by atoms with E-state index in [2.05, 4.69) is 16.8 Å². The van der Waals surface area contributed by atoms with Crippen LogP contribution in [0.4, 0.5) is 0 Å². The molecule has 122 valence electrons. The van der Waals surface area contributed by atoms with Crippen LogP contribution in [0.1, 0.15) is 9.67 Å². The molecule has 1 aromatic carbocycles. The number of thiophene rings is 1. The molecule has 4 nitrogen and oxygen atoms in total. The molecule has 0 N–H and O–H groups in total. The third kappa shape index (κ3) is 3.99. The molecule has 3 rings (SSSR count). The van der Waals surface area contributed by atoms with Crippen molar-refractivity contribution >= 4 is 17.1 Å². The van der Waals surface area contributed by atoms with Gasteiger partial charge in [-0.2, -0.15) is 0 Å². The van der Waals surface area contributed by atoms with Gasteiger partial charge in [0.15, 0.2) is 5.78 Å². The number of hydrogen-bond donors (Lipinski definition) is 0. The lowest BCUT2D eigenvalue weighted by molar-refractivity contribution is 0.0880. The number of piperazine rings is 1.